The lowest BCUT2D eigenvalue weighted by Crippen LogP contribution is -1.82. The molecular weight excluding hydrogens is 366 g/mol. The molecule has 0 saturated heterocycles. The minimum absolute atomic E-state index is 0.0352. The summed E-state index contributed by atoms with van der Waals surface area (Å²) in [6.45, 7) is 0. The summed E-state index contributed by atoms with van der Waals surface area (Å²) in [5.41, 5.74) is 0. The molecule has 1 radical (unpaired) electrons. The summed E-state index contributed by atoms with van der Waals surface area (Å²) in [6.07, 6.45) is 0. The fourth-order valence-electron chi connectivity index (χ4n) is 0.495. The predicted octanol–water partition coefficient (Wildman–Crippen LogP) is 4.57. The molecule has 0 unspecified atom stereocenters. The molecule has 0 amide bonds. The molecule has 0 fully saturated rings. The van der Waals surface area contributed by atoms with E-state index in [4.69, 9.17) is 11.6 Å². The average Bonchev–Trinajstić information content (AvgIpc) is 1.97. The van der Waals surface area contributed by atoms with Gasteiger partial charge in [0.25, 0.3) is 0 Å². The standard InChI is InChI=1S/C6Br3ClF/c7-2-1-3(10)6(11)5(9)4(2)8. The van der Waals surface area contributed by atoms with Crippen molar-refractivity contribution < 1.29 is 4.39 Å². The smallest absolute Gasteiger partial charge is 0.157 e. The van der Waals surface area contributed by atoms with E-state index >= 15 is 0 Å². The summed E-state index contributed by atoms with van der Waals surface area (Å²) in [7, 11) is 0. The topological polar surface area (TPSA) is 0 Å². The Bertz CT molecular complexity index is 274. The van der Waals surface area contributed by atoms with Gasteiger partial charge in [0.15, 0.2) is 5.82 Å². The molecule has 0 aliphatic heterocycles. The van der Waals surface area contributed by atoms with Crippen LogP contribution in [0.3, 0.4) is 0 Å². The molecule has 11 heavy (non-hydrogen) atoms. The highest BCUT2D eigenvalue weighted by molar-refractivity contribution is 9.14. The fourth-order valence-corrected chi connectivity index (χ4v) is 2.24. The maximum Gasteiger partial charge on any atom is 0.157 e. The molecule has 1 rings (SSSR count). The van der Waals surface area contributed by atoms with Crippen molar-refractivity contribution in [1.82, 2.24) is 0 Å². The van der Waals surface area contributed by atoms with Crippen molar-refractivity contribution in [1.29, 1.82) is 0 Å². The van der Waals surface area contributed by atoms with Gasteiger partial charge in [-0.05, 0) is 47.8 Å². The van der Waals surface area contributed by atoms with Gasteiger partial charge in [0, 0.05) is 15.0 Å². The second-order valence-corrected chi connectivity index (χ2v) is 4.45. The fraction of sp³-hybridized carbons (Fsp3) is 0. The minimum atomic E-state index is -0.512. The van der Waals surface area contributed by atoms with Crippen molar-refractivity contribution in [2.24, 2.45) is 0 Å². The Morgan fingerprint density at radius 2 is 1.73 bits per heavy atom. The number of rotatable bonds is 0. The van der Waals surface area contributed by atoms with Gasteiger partial charge in [0.2, 0.25) is 0 Å². The maximum absolute atomic E-state index is 12.9. The van der Waals surface area contributed by atoms with Crippen LogP contribution in [0, 0.1) is 11.9 Å². The van der Waals surface area contributed by atoms with Crippen molar-refractivity contribution in [3.63, 3.8) is 0 Å². The Labute approximate surface area is 93.5 Å². The van der Waals surface area contributed by atoms with Crippen LogP contribution >= 0.6 is 59.4 Å². The lowest BCUT2D eigenvalue weighted by Gasteiger charge is -2.01. The summed E-state index contributed by atoms with van der Waals surface area (Å²) in [5.74, 6) is -0.512. The summed E-state index contributed by atoms with van der Waals surface area (Å²) < 4.78 is 14.4. The van der Waals surface area contributed by atoms with Crippen LogP contribution in [0.4, 0.5) is 4.39 Å². The SMILES string of the molecule is Fc1c(Cl)[c]c(Br)c(Br)c1Br. The van der Waals surface area contributed by atoms with Crippen molar-refractivity contribution >= 4 is 59.4 Å². The van der Waals surface area contributed by atoms with Gasteiger partial charge in [0.1, 0.15) is 0 Å². The first-order chi connectivity index (χ1) is 5.04. The first-order valence-electron chi connectivity index (χ1n) is 2.44. The molecule has 0 nitrogen and oxygen atoms in total. The number of hydrogen-bond acceptors (Lipinski definition) is 0. The number of benzene rings is 1. The van der Waals surface area contributed by atoms with E-state index in [0.29, 0.717) is 13.4 Å². The largest absolute Gasteiger partial charge is 0.204 e. The van der Waals surface area contributed by atoms with Crippen LogP contribution in [-0.4, -0.2) is 0 Å². The second-order valence-electron chi connectivity index (χ2n) is 1.69. The van der Waals surface area contributed by atoms with Crippen molar-refractivity contribution in [2.75, 3.05) is 0 Å². The lowest BCUT2D eigenvalue weighted by molar-refractivity contribution is 0.619. The van der Waals surface area contributed by atoms with Gasteiger partial charge in [-0.3, -0.25) is 0 Å². The molecule has 0 atom stereocenters. The summed E-state index contributed by atoms with van der Waals surface area (Å²) in [6, 6.07) is 2.58. The summed E-state index contributed by atoms with van der Waals surface area (Å²) >= 11 is 14.8. The van der Waals surface area contributed by atoms with E-state index < -0.39 is 5.82 Å². The van der Waals surface area contributed by atoms with Gasteiger partial charge in [-0.1, -0.05) is 11.6 Å². The maximum atomic E-state index is 12.9. The van der Waals surface area contributed by atoms with E-state index in [1.54, 1.807) is 0 Å². The highest BCUT2D eigenvalue weighted by atomic mass is 79.9. The number of hydrogen-bond donors (Lipinski definition) is 0. The molecule has 0 aliphatic rings. The quantitative estimate of drug-likeness (QED) is 0.466. The Morgan fingerprint density at radius 3 is 2.27 bits per heavy atom. The molecule has 5 heteroatoms. The zero-order valence-corrected chi connectivity index (χ0v) is 10.4. The van der Waals surface area contributed by atoms with E-state index in [-0.39, 0.29) is 5.02 Å². The first-order valence-corrected chi connectivity index (χ1v) is 5.20. The average molecular weight is 366 g/mol. The monoisotopic (exact) mass is 363 g/mol. The Kier molecular flexibility index (Phi) is 3.38. The van der Waals surface area contributed by atoms with Crippen LogP contribution in [0.25, 0.3) is 0 Å². The third-order valence-corrected chi connectivity index (χ3v) is 4.45. The molecule has 0 aromatic heterocycles. The summed E-state index contributed by atoms with van der Waals surface area (Å²) in [4.78, 5) is 0. The third kappa shape index (κ3) is 1.97. The van der Waals surface area contributed by atoms with Gasteiger partial charge in [0.05, 0.1) is 9.50 Å². The molecule has 1 aromatic carbocycles. The Hall–Kier alpha value is 0.880. The zero-order chi connectivity index (χ0) is 8.59. The second kappa shape index (κ2) is 3.73. The van der Waals surface area contributed by atoms with Crippen LogP contribution in [0.1, 0.15) is 0 Å². The van der Waals surface area contributed by atoms with Crippen LogP contribution < -0.4 is 0 Å². The highest BCUT2D eigenvalue weighted by Crippen LogP contribution is 2.36. The molecule has 0 saturated carbocycles. The minimum Gasteiger partial charge on any atom is -0.204 e. The van der Waals surface area contributed by atoms with Gasteiger partial charge in [-0.2, -0.15) is 0 Å². The van der Waals surface area contributed by atoms with E-state index in [1.807, 2.05) is 0 Å². The van der Waals surface area contributed by atoms with Crippen LogP contribution in [0.5, 0.6) is 0 Å². The van der Waals surface area contributed by atoms with Crippen LogP contribution in [-0.2, 0) is 0 Å². The van der Waals surface area contributed by atoms with Crippen LogP contribution in [0.15, 0.2) is 13.4 Å². The molecule has 59 valence electrons. The Morgan fingerprint density at radius 1 is 1.18 bits per heavy atom. The molecule has 0 aliphatic carbocycles. The molecular formula is C6Br3ClF. The van der Waals surface area contributed by atoms with Gasteiger partial charge >= 0.3 is 0 Å². The normalized spacial score (nSPS) is 10.3. The zero-order valence-electron chi connectivity index (χ0n) is 4.89. The van der Waals surface area contributed by atoms with E-state index in [9.17, 15) is 4.39 Å². The molecule has 1 aromatic rings. The third-order valence-electron chi connectivity index (χ3n) is 0.990. The molecule has 0 heterocycles. The van der Waals surface area contributed by atoms with E-state index in [2.05, 4.69) is 53.9 Å². The van der Waals surface area contributed by atoms with E-state index in [0.717, 1.165) is 0 Å². The Balaban J connectivity index is 3.46. The van der Waals surface area contributed by atoms with Crippen molar-refractivity contribution in [3.8, 4) is 0 Å². The van der Waals surface area contributed by atoms with Gasteiger partial charge in [-0.15, -0.1) is 0 Å². The molecule has 0 N–H and O–H groups in total. The highest BCUT2D eigenvalue weighted by Gasteiger charge is 2.11. The lowest BCUT2D eigenvalue weighted by atomic mass is 10.3. The molecule has 0 bridgehead atoms. The predicted molar refractivity (Wildman–Crippen MR) is 53.3 cm³/mol. The van der Waals surface area contributed by atoms with Gasteiger partial charge < -0.3 is 0 Å². The van der Waals surface area contributed by atoms with Gasteiger partial charge in [-0.25, -0.2) is 4.39 Å². The first kappa shape index (κ1) is 9.96. The van der Waals surface area contributed by atoms with Crippen molar-refractivity contribution in [3.05, 3.63) is 30.3 Å². The van der Waals surface area contributed by atoms with Crippen LogP contribution in [0.2, 0.25) is 5.02 Å². The molecule has 0 spiro atoms. The van der Waals surface area contributed by atoms with E-state index in [1.165, 1.54) is 0 Å². The van der Waals surface area contributed by atoms with Crippen molar-refractivity contribution in [2.45, 2.75) is 0 Å². The summed E-state index contributed by atoms with van der Waals surface area (Å²) in [5, 5.41) is -0.0352. The number of halogens is 5.